The Kier molecular flexibility index (Phi) is 11.1. The number of allylic oxidation sites excluding steroid dienone is 1. The number of esters is 1. The van der Waals surface area contributed by atoms with Crippen LogP contribution >= 0.6 is 0 Å². The first-order chi connectivity index (χ1) is 25.4. The van der Waals surface area contributed by atoms with Crippen LogP contribution in [0.5, 0.6) is 5.75 Å². The molecule has 3 amide bonds. The molecule has 0 aliphatic heterocycles. The number of aliphatic hydroxyl groups is 3. The Labute approximate surface area is 309 Å². The lowest BCUT2D eigenvalue weighted by atomic mass is 9.58. The number of phenols is 1. The quantitative estimate of drug-likeness (QED) is 0.0781. The third-order valence-corrected chi connectivity index (χ3v) is 9.92. The molecule has 0 fully saturated rings. The molecule has 0 saturated carbocycles. The van der Waals surface area contributed by atoms with Crippen molar-refractivity contribution >= 4 is 46.8 Å². The fourth-order valence-corrected chi connectivity index (χ4v) is 7.43. The van der Waals surface area contributed by atoms with E-state index < -0.39 is 95.1 Å². The molecule has 2 aromatic rings. The van der Waals surface area contributed by atoms with E-state index >= 15 is 0 Å². The summed E-state index contributed by atoms with van der Waals surface area (Å²) in [6, 6.07) is 3.14. The Morgan fingerprint density at radius 2 is 1.80 bits per heavy atom. The van der Waals surface area contributed by atoms with E-state index in [0.717, 1.165) is 4.90 Å². The number of nitrogens with zero attached hydrogens (tertiary/aromatic N) is 3. The molecule has 5 rings (SSSR count). The van der Waals surface area contributed by atoms with Gasteiger partial charge in [0.1, 0.15) is 23.6 Å². The zero-order chi connectivity index (χ0) is 39.8. The molecule has 290 valence electrons. The van der Waals surface area contributed by atoms with Gasteiger partial charge in [0.25, 0.3) is 5.91 Å². The number of hydrogen-bond acceptors (Lipinski definition) is 15. The van der Waals surface area contributed by atoms with Crippen molar-refractivity contribution in [2.24, 2.45) is 17.6 Å². The number of nitrogens with one attached hydrogen (secondary N) is 1. The summed E-state index contributed by atoms with van der Waals surface area (Å²) in [5.74, 6) is -9.76. The number of aliphatic hydroxyl groups excluding tert-OH is 2. The third-order valence-electron chi connectivity index (χ3n) is 9.92. The molecule has 7 N–H and O–H groups in total. The minimum absolute atomic E-state index is 0.0327. The van der Waals surface area contributed by atoms with Crippen LogP contribution in [-0.4, -0.2) is 125 Å². The predicted molar refractivity (Wildman–Crippen MR) is 189 cm³/mol. The van der Waals surface area contributed by atoms with Crippen molar-refractivity contribution in [3.05, 3.63) is 64.0 Å². The zero-order valence-corrected chi connectivity index (χ0v) is 30.4. The van der Waals surface area contributed by atoms with Crippen LogP contribution in [0.3, 0.4) is 0 Å². The number of Topliss-reactive ketones (excluding diaryl/α,β-unsaturated/α-hetero) is 2. The average Bonchev–Trinajstić information content (AvgIpc) is 3.64. The zero-order valence-electron chi connectivity index (χ0n) is 30.4. The van der Waals surface area contributed by atoms with Gasteiger partial charge in [0, 0.05) is 37.8 Å². The summed E-state index contributed by atoms with van der Waals surface area (Å²) >= 11 is 0. The standard InChI is InChI=1S/C36H43N5O13/c1-6-7-10-41(35(50)54-16-53-34(49)22-9-8-11-52-22)15-23(42)38-20-14-21(39(2)3)18-12-17-13-19-27(40(4)5)30(45)26(33(37)48)32(47)36(19,51)31(46)24(17)29(44)25(18)28(20)43/h8-9,11,14,17,19,27,43,45-46,51H,6-7,10,12-13,15-16H2,1-5H3,(H2,37,48)(H,38,42)/t17-,19-,27-,36-/m0/s1. The number of phenolic OH excluding ortho intramolecular Hbond substituents is 1. The van der Waals surface area contributed by atoms with Crippen LogP contribution in [0.1, 0.15) is 52.7 Å². The Morgan fingerprint density at radius 1 is 1.09 bits per heavy atom. The van der Waals surface area contributed by atoms with Crippen LogP contribution in [0.4, 0.5) is 16.2 Å². The number of amides is 3. The van der Waals surface area contributed by atoms with E-state index in [1.54, 1.807) is 19.0 Å². The maximum atomic E-state index is 14.3. The molecule has 0 spiro atoms. The summed E-state index contributed by atoms with van der Waals surface area (Å²) in [7, 11) is 6.42. The third kappa shape index (κ3) is 6.84. The lowest BCUT2D eigenvalue weighted by molar-refractivity contribution is -0.148. The minimum Gasteiger partial charge on any atom is -0.510 e. The summed E-state index contributed by atoms with van der Waals surface area (Å²) in [5.41, 5.74) is 1.55. The molecule has 18 heteroatoms. The van der Waals surface area contributed by atoms with Crippen molar-refractivity contribution in [3.63, 3.8) is 0 Å². The first-order valence-electron chi connectivity index (χ1n) is 17.1. The molecule has 18 nitrogen and oxygen atoms in total. The number of ether oxygens (including phenoxy) is 2. The van der Waals surface area contributed by atoms with Crippen LogP contribution in [0, 0.1) is 11.8 Å². The number of anilines is 2. The number of rotatable bonds is 12. The predicted octanol–water partition coefficient (Wildman–Crippen LogP) is 1.77. The maximum absolute atomic E-state index is 14.3. The summed E-state index contributed by atoms with van der Waals surface area (Å²) < 4.78 is 14.9. The number of likely N-dealkylation sites (N-methyl/N-ethyl adjacent to an activating group) is 1. The fourth-order valence-electron chi connectivity index (χ4n) is 7.43. The Hall–Kier alpha value is -5.88. The number of carbonyl (C=O) groups excluding carboxylic acids is 6. The normalized spacial score (nSPS) is 21.9. The summed E-state index contributed by atoms with van der Waals surface area (Å²) in [5, 5.41) is 48.6. The van der Waals surface area contributed by atoms with Gasteiger partial charge in [0.05, 0.1) is 23.6 Å². The highest BCUT2D eigenvalue weighted by Gasteiger charge is 2.63. The fraction of sp³-hybridized carbons (Fsp3) is 0.444. The molecule has 3 aliphatic carbocycles. The maximum Gasteiger partial charge on any atom is 0.413 e. The number of primary amides is 1. The van der Waals surface area contributed by atoms with Crippen LogP contribution in [0.2, 0.25) is 0 Å². The molecular formula is C36H43N5O13. The highest BCUT2D eigenvalue weighted by Crippen LogP contribution is 2.54. The number of nitrogens with two attached hydrogens (primary N) is 1. The first kappa shape index (κ1) is 39.3. The number of unbranched alkanes of at least 4 members (excludes halogenated alkanes) is 1. The van der Waals surface area contributed by atoms with E-state index in [-0.39, 0.29) is 42.0 Å². The number of aromatic hydroxyl groups is 1. The number of carbonyl (C=O) groups is 6. The average molecular weight is 754 g/mol. The molecule has 1 heterocycles. The van der Waals surface area contributed by atoms with E-state index in [4.69, 9.17) is 19.6 Å². The first-order valence-corrected chi connectivity index (χ1v) is 17.1. The van der Waals surface area contributed by atoms with E-state index in [0.29, 0.717) is 24.1 Å². The van der Waals surface area contributed by atoms with Gasteiger partial charge < -0.3 is 50.3 Å². The smallest absolute Gasteiger partial charge is 0.413 e. The Morgan fingerprint density at radius 3 is 2.39 bits per heavy atom. The van der Waals surface area contributed by atoms with Crippen LogP contribution in [-0.2, 0) is 30.3 Å². The lowest BCUT2D eigenvalue weighted by Crippen LogP contribution is -2.63. The van der Waals surface area contributed by atoms with Gasteiger partial charge in [-0.05, 0) is 63.0 Å². The Balaban J connectivity index is 1.45. The van der Waals surface area contributed by atoms with Gasteiger partial charge >= 0.3 is 12.1 Å². The van der Waals surface area contributed by atoms with E-state index in [2.05, 4.69) is 5.32 Å². The molecule has 0 unspecified atom stereocenters. The molecule has 54 heavy (non-hydrogen) atoms. The second-order valence-electron chi connectivity index (χ2n) is 13.8. The SMILES string of the molecule is CCCCN(CC(=O)Nc1cc(N(C)C)c2c(c1O)C(=O)C1=C(O)[C@]3(O)C(=O)C(C(N)=O)=C(O)[C@@H](N(C)C)[C@@H]3C[C@@H]1C2)C(=O)OCOC(=O)c1ccco1. The van der Waals surface area contributed by atoms with Crippen LogP contribution in [0.25, 0.3) is 0 Å². The largest absolute Gasteiger partial charge is 0.510 e. The monoisotopic (exact) mass is 753 g/mol. The van der Waals surface area contributed by atoms with Gasteiger partial charge in [-0.25, -0.2) is 9.59 Å². The van der Waals surface area contributed by atoms with Crippen LogP contribution < -0.4 is 16.0 Å². The minimum atomic E-state index is -2.82. The van der Waals surface area contributed by atoms with Gasteiger partial charge in [-0.15, -0.1) is 0 Å². The van der Waals surface area contributed by atoms with Gasteiger partial charge in [-0.3, -0.25) is 29.0 Å². The lowest BCUT2D eigenvalue weighted by Gasteiger charge is -2.50. The Bertz CT molecular complexity index is 1950. The number of hydrogen-bond donors (Lipinski definition) is 6. The summed E-state index contributed by atoms with van der Waals surface area (Å²) in [4.78, 5) is 82.6. The second kappa shape index (κ2) is 15.2. The van der Waals surface area contributed by atoms with E-state index in [1.165, 1.54) is 43.5 Å². The van der Waals surface area contributed by atoms with Crippen molar-refractivity contribution in [2.75, 3.05) is 58.3 Å². The highest BCUT2D eigenvalue weighted by atomic mass is 16.7. The molecule has 1 aromatic carbocycles. The number of fused-ring (bicyclic) bond motifs is 3. The van der Waals surface area contributed by atoms with Gasteiger partial charge in [-0.2, -0.15) is 0 Å². The van der Waals surface area contributed by atoms with Gasteiger partial charge in [0.15, 0.2) is 17.1 Å². The van der Waals surface area contributed by atoms with Crippen molar-refractivity contribution in [1.29, 1.82) is 0 Å². The van der Waals surface area contributed by atoms with E-state index in [9.17, 15) is 49.2 Å². The van der Waals surface area contributed by atoms with Crippen molar-refractivity contribution in [2.45, 2.75) is 44.2 Å². The van der Waals surface area contributed by atoms with E-state index in [1.807, 2.05) is 6.92 Å². The van der Waals surface area contributed by atoms with Gasteiger partial charge in [-0.1, -0.05) is 13.3 Å². The molecule has 0 saturated heterocycles. The second-order valence-corrected chi connectivity index (χ2v) is 13.8. The van der Waals surface area contributed by atoms with Crippen LogP contribution in [0.15, 0.2) is 51.5 Å². The summed E-state index contributed by atoms with van der Waals surface area (Å²) in [6.45, 7) is 0.630. The molecule has 4 atom stereocenters. The van der Waals surface area contributed by atoms with Gasteiger partial charge in [0.2, 0.25) is 24.2 Å². The summed E-state index contributed by atoms with van der Waals surface area (Å²) in [6.07, 6.45) is 1.38. The molecule has 1 aromatic heterocycles. The molecule has 0 radical (unpaired) electrons. The van der Waals surface area contributed by atoms with Crippen molar-refractivity contribution < 1.29 is 63.1 Å². The van der Waals surface area contributed by atoms with Crippen molar-refractivity contribution in [3.8, 4) is 5.75 Å². The number of benzene rings is 1. The van der Waals surface area contributed by atoms with Crippen molar-refractivity contribution in [1.82, 2.24) is 9.80 Å². The molecule has 0 bridgehead atoms. The number of ketones is 2. The molecular weight excluding hydrogens is 710 g/mol. The number of furan rings is 1. The molecule has 3 aliphatic rings. The topological polar surface area (TPSA) is 263 Å². The highest BCUT2D eigenvalue weighted by molar-refractivity contribution is 6.25.